The molecule has 168 valence electrons. The molecule has 2 aromatic carbocycles. The molecule has 0 aliphatic carbocycles. The summed E-state index contributed by atoms with van der Waals surface area (Å²) in [7, 11) is 1.64. The minimum atomic E-state index is -0.315. The van der Waals surface area contributed by atoms with E-state index in [4.69, 9.17) is 4.74 Å². The van der Waals surface area contributed by atoms with Crippen molar-refractivity contribution in [2.24, 2.45) is 0 Å². The highest BCUT2D eigenvalue weighted by molar-refractivity contribution is 6.00. The van der Waals surface area contributed by atoms with Crippen molar-refractivity contribution >= 4 is 16.8 Å². The molecule has 0 spiro atoms. The van der Waals surface area contributed by atoms with Crippen LogP contribution in [0, 0.1) is 0 Å². The Hall–Kier alpha value is -4.39. The number of methoxy groups -OCH3 is 1. The molecule has 1 atom stereocenters. The van der Waals surface area contributed by atoms with Crippen molar-refractivity contribution in [2.45, 2.75) is 12.5 Å². The van der Waals surface area contributed by atoms with Crippen LogP contribution in [0.1, 0.15) is 33.4 Å². The van der Waals surface area contributed by atoms with Gasteiger partial charge in [-0.15, -0.1) is 0 Å². The zero-order valence-electron chi connectivity index (χ0n) is 18.7. The molecule has 1 aliphatic rings. The van der Waals surface area contributed by atoms with Gasteiger partial charge in [-0.2, -0.15) is 5.10 Å². The van der Waals surface area contributed by atoms with Crippen molar-refractivity contribution in [1.82, 2.24) is 25.1 Å². The Morgan fingerprint density at radius 1 is 1.03 bits per heavy atom. The molecule has 4 heterocycles. The summed E-state index contributed by atoms with van der Waals surface area (Å²) in [5, 5.41) is 8.72. The van der Waals surface area contributed by atoms with E-state index >= 15 is 0 Å². The Balaban J connectivity index is 1.39. The number of hydrogen-bond donors (Lipinski definition) is 2. The second-order valence-corrected chi connectivity index (χ2v) is 8.35. The van der Waals surface area contributed by atoms with E-state index in [0.29, 0.717) is 12.2 Å². The molecule has 0 fully saturated rings. The number of para-hydroxylation sites is 1. The van der Waals surface area contributed by atoms with Crippen LogP contribution in [-0.4, -0.2) is 44.6 Å². The summed E-state index contributed by atoms with van der Waals surface area (Å²) in [4.78, 5) is 23.4. The number of amides is 1. The van der Waals surface area contributed by atoms with Gasteiger partial charge in [-0.05, 0) is 54.4 Å². The molecule has 7 heteroatoms. The summed E-state index contributed by atoms with van der Waals surface area (Å²) in [6, 6.07) is 21.4. The molecule has 3 aromatic heterocycles. The van der Waals surface area contributed by atoms with Gasteiger partial charge in [0.05, 0.1) is 18.5 Å². The van der Waals surface area contributed by atoms with E-state index < -0.39 is 0 Å². The van der Waals surface area contributed by atoms with Crippen LogP contribution >= 0.6 is 0 Å². The van der Waals surface area contributed by atoms with Gasteiger partial charge in [0.1, 0.15) is 17.5 Å². The van der Waals surface area contributed by atoms with Crippen molar-refractivity contribution < 1.29 is 9.53 Å². The van der Waals surface area contributed by atoms with E-state index in [1.54, 1.807) is 13.3 Å². The number of aromatic nitrogens is 4. The smallest absolute Gasteiger partial charge is 0.273 e. The zero-order chi connectivity index (χ0) is 23.1. The van der Waals surface area contributed by atoms with Crippen molar-refractivity contribution in [3.63, 3.8) is 0 Å². The molecular weight excluding hydrogens is 426 g/mol. The number of aromatic amines is 2. The molecule has 0 bridgehead atoms. The van der Waals surface area contributed by atoms with E-state index in [9.17, 15) is 4.79 Å². The first-order valence-electron chi connectivity index (χ1n) is 11.2. The number of rotatable bonds is 6. The van der Waals surface area contributed by atoms with Crippen molar-refractivity contribution in [2.75, 3.05) is 13.7 Å². The van der Waals surface area contributed by atoms with Gasteiger partial charge in [0.25, 0.3) is 5.91 Å². The topological polar surface area (TPSA) is 86.9 Å². The molecule has 1 aliphatic heterocycles. The summed E-state index contributed by atoms with van der Waals surface area (Å²) in [5.41, 5.74) is 6.19. The van der Waals surface area contributed by atoms with Crippen LogP contribution in [0.25, 0.3) is 22.2 Å². The van der Waals surface area contributed by atoms with Crippen LogP contribution in [0.5, 0.6) is 5.75 Å². The fourth-order valence-corrected chi connectivity index (χ4v) is 4.82. The molecule has 0 radical (unpaired) electrons. The molecule has 1 amide bonds. The first kappa shape index (κ1) is 20.2. The number of nitrogens with zero attached hydrogens (tertiary/aromatic N) is 3. The van der Waals surface area contributed by atoms with Crippen LogP contribution in [0.3, 0.4) is 0 Å². The average molecular weight is 450 g/mol. The minimum Gasteiger partial charge on any atom is -0.497 e. The lowest BCUT2D eigenvalue weighted by molar-refractivity contribution is 0.0743. The maximum Gasteiger partial charge on any atom is 0.273 e. The number of benzene rings is 2. The lowest BCUT2D eigenvalue weighted by Gasteiger charge is -2.25. The molecular formula is C27H23N5O2. The zero-order valence-corrected chi connectivity index (χ0v) is 18.7. The van der Waals surface area contributed by atoms with Gasteiger partial charge in [0.15, 0.2) is 0 Å². The maximum atomic E-state index is 13.5. The number of pyridine rings is 1. The van der Waals surface area contributed by atoms with Gasteiger partial charge in [-0.3, -0.25) is 14.9 Å². The number of carbonyl (C=O) groups excluding carboxylic acids is 1. The highest BCUT2D eigenvalue weighted by Gasteiger charge is 2.42. The van der Waals surface area contributed by atoms with Crippen LogP contribution in [0.15, 0.2) is 79.1 Å². The molecule has 1 unspecified atom stereocenters. The molecule has 34 heavy (non-hydrogen) atoms. The summed E-state index contributed by atoms with van der Waals surface area (Å²) >= 11 is 0. The SMILES string of the molecule is COc1ccc(-c2n[nH]c3c2C(c2ccccn2)N(CCc2c[nH]c4ccccc24)C3=O)cc1. The fourth-order valence-electron chi connectivity index (χ4n) is 4.82. The fraction of sp³-hybridized carbons (Fsp3) is 0.148. The van der Waals surface area contributed by atoms with Crippen LogP contribution < -0.4 is 4.74 Å². The van der Waals surface area contributed by atoms with Gasteiger partial charge in [-0.1, -0.05) is 24.3 Å². The molecule has 7 nitrogen and oxygen atoms in total. The number of fused-ring (bicyclic) bond motifs is 2. The first-order valence-corrected chi connectivity index (χ1v) is 11.2. The quantitative estimate of drug-likeness (QED) is 0.392. The lowest BCUT2D eigenvalue weighted by Crippen LogP contribution is -2.32. The summed E-state index contributed by atoms with van der Waals surface area (Å²) < 4.78 is 5.30. The summed E-state index contributed by atoms with van der Waals surface area (Å²) in [6.07, 6.45) is 4.53. The number of hydrogen-bond acceptors (Lipinski definition) is 4. The normalized spacial score (nSPS) is 15.1. The van der Waals surface area contributed by atoms with E-state index in [1.165, 1.54) is 10.9 Å². The molecule has 2 N–H and O–H groups in total. The van der Waals surface area contributed by atoms with Gasteiger partial charge in [-0.25, -0.2) is 0 Å². The third kappa shape index (κ3) is 3.25. The predicted molar refractivity (Wildman–Crippen MR) is 130 cm³/mol. The molecule has 6 rings (SSSR count). The Labute approximate surface area is 196 Å². The number of nitrogens with one attached hydrogen (secondary N) is 2. The first-order chi connectivity index (χ1) is 16.7. The van der Waals surface area contributed by atoms with Crippen LogP contribution in [0.4, 0.5) is 0 Å². The van der Waals surface area contributed by atoms with E-state index in [2.05, 4.69) is 32.3 Å². The Kier molecular flexibility index (Phi) is 4.87. The van der Waals surface area contributed by atoms with Crippen molar-refractivity contribution in [1.29, 1.82) is 0 Å². The van der Waals surface area contributed by atoms with E-state index in [0.717, 1.165) is 40.2 Å². The Morgan fingerprint density at radius 2 is 1.85 bits per heavy atom. The second kappa shape index (κ2) is 8.19. The minimum absolute atomic E-state index is 0.0576. The van der Waals surface area contributed by atoms with Crippen molar-refractivity contribution in [3.8, 4) is 17.0 Å². The summed E-state index contributed by atoms with van der Waals surface area (Å²) in [5.74, 6) is 0.714. The number of ether oxygens (including phenoxy) is 1. The third-order valence-electron chi connectivity index (χ3n) is 6.49. The van der Waals surface area contributed by atoms with E-state index in [-0.39, 0.29) is 11.9 Å². The maximum absolute atomic E-state index is 13.5. The predicted octanol–water partition coefficient (Wildman–Crippen LogP) is 4.75. The van der Waals surface area contributed by atoms with Crippen LogP contribution in [0.2, 0.25) is 0 Å². The number of carbonyl (C=O) groups is 1. The standard InChI is InChI=1S/C27H23N5O2/c1-34-19-11-9-17(10-12-19)24-23-25(31-30-24)27(33)32(26(23)22-8-4-5-14-28-22)15-13-18-16-29-21-7-3-2-6-20(18)21/h2-12,14,16,26,29H,13,15H2,1H3,(H,30,31). The highest BCUT2D eigenvalue weighted by atomic mass is 16.5. The van der Waals surface area contributed by atoms with Gasteiger partial charge in [0, 0.05) is 41.0 Å². The molecule has 5 aromatic rings. The highest BCUT2D eigenvalue weighted by Crippen LogP contribution is 2.42. The molecule has 0 saturated heterocycles. The second-order valence-electron chi connectivity index (χ2n) is 8.35. The van der Waals surface area contributed by atoms with Gasteiger partial charge >= 0.3 is 0 Å². The third-order valence-corrected chi connectivity index (χ3v) is 6.49. The van der Waals surface area contributed by atoms with Crippen LogP contribution in [-0.2, 0) is 6.42 Å². The van der Waals surface area contributed by atoms with E-state index in [1.807, 2.05) is 65.7 Å². The average Bonchev–Trinajstić information content (AvgIpc) is 3.57. The largest absolute Gasteiger partial charge is 0.497 e. The molecule has 0 saturated carbocycles. The Bertz CT molecular complexity index is 1470. The Morgan fingerprint density at radius 3 is 2.65 bits per heavy atom. The van der Waals surface area contributed by atoms with Gasteiger partial charge < -0.3 is 14.6 Å². The monoisotopic (exact) mass is 449 g/mol. The lowest BCUT2D eigenvalue weighted by atomic mass is 9.99. The summed E-state index contributed by atoms with van der Waals surface area (Å²) in [6.45, 7) is 0.562. The van der Waals surface area contributed by atoms with Gasteiger partial charge in [0.2, 0.25) is 0 Å². The van der Waals surface area contributed by atoms with Crippen molar-refractivity contribution in [3.05, 3.63) is 102 Å². The number of H-pyrrole nitrogens is 2.